The Balaban J connectivity index is 3.44. The molecule has 1 amide bonds. The van der Waals surface area contributed by atoms with Crippen molar-refractivity contribution in [3.63, 3.8) is 0 Å². The first kappa shape index (κ1) is 11.6. The van der Waals surface area contributed by atoms with E-state index in [1.54, 1.807) is 0 Å². The molecule has 4 nitrogen and oxygen atoms in total. The number of halogens is 3. The second-order valence-corrected chi connectivity index (χ2v) is 2.95. The molecule has 0 radical (unpaired) electrons. The van der Waals surface area contributed by atoms with Gasteiger partial charge in [0.05, 0.1) is 23.9 Å². The lowest BCUT2D eigenvalue weighted by molar-refractivity contribution is 0.0980. The molecule has 1 rings (SSSR count). The number of ether oxygens (including phenoxy) is 1. The smallest absolute Gasteiger partial charge is 0.267 e. The molecule has 82 valence electrons. The summed E-state index contributed by atoms with van der Waals surface area (Å²) < 4.78 is 29.8. The molecule has 1 heterocycles. The van der Waals surface area contributed by atoms with Gasteiger partial charge in [0.25, 0.3) is 12.3 Å². The van der Waals surface area contributed by atoms with E-state index in [0.29, 0.717) is 0 Å². The molecule has 0 fully saturated rings. The predicted molar refractivity (Wildman–Crippen MR) is 49.3 cm³/mol. The summed E-state index contributed by atoms with van der Waals surface area (Å²) in [6.45, 7) is 0. The molecule has 0 aromatic carbocycles. The standard InChI is InChI=1S/C8H7ClF2N2O2/c1-15-3-2-13-6(8(12)14)4(5(3)9)7(10)11/h2,7H,1H3,(H2,12,14). The lowest BCUT2D eigenvalue weighted by Crippen LogP contribution is -2.16. The normalized spacial score (nSPS) is 10.5. The Hall–Kier alpha value is -1.43. The van der Waals surface area contributed by atoms with Crippen LogP contribution in [-0.2, 0) is 0 Å². The molecule has 0 spiro atoms. The van der Waals surface area contributed by atoms with Crippen LogP contribution in [0.25, 0.3) is 0 Å². The monoisotopic (exact) mass is 236 g/mol. The van der Waals surface area contributed by atoms with Crippen molar-refractivity contribution in [2.45, 2.75) is 6.43 Å². The number of nitrogens with zero attached hydrogens (tertiary/aromatic N) is 1. The van der Waals surface area contributed by atoms with Gasteiger partial charge in [-0.05, 0) is 0 Å². The van der Waals surface area contributed by atoms with Crippen LogP contribution >= 0.6 is 11.6 Å². The molecule has 0 saturated heterocycles. The third kappa shape index (κ3) is 2.15. The number of carbonyl (C=O) groups is 1. The Morgan fingerprint density at radius 3 is 2.67 bits per heavy atom. The Bertz CT molecular complexity index is 398. The van der Waals surface area contributed by atoms with Crippen LogP contribution in [0.3, 0.4) is 0 Å². The SMILES string of the molecule is COc1cnc(C(N)=O)c(C(F)F)c1Cl. The van der Waals surface area contributed by atoms with Gasteiger partial charge in [-0.3, -0.25) is 4.79 Å². The first-order chi connectivity index (χ1) is 6.99. The zero-order valence-corrected chi connectivity index (χ0v) is 8.39. The minimum Gasteiger partial charge on any atom is -0.494 e. The molecule has 0 aliphatic rings. The van der Waals surface area contributed by atoms with Crippen LogP contribution in [0.4, 0.5) is 8.78 Å². The first-order valence-electron chi connectivity index (χ1n) is 3.79. The number of rotatable bonds is 3. The summed E-state index contributed by atoms with van der Waals surface area (Å²) >= 11 is 5.60. The second-order valence-electron chi connectivity index (χ2n) is 2.57. The Morgan fingerprint density at radius 1 is 1.67 bits per heavy atom. The van der Waals surface area contributed by atoms with Gasteiger partial charge in [0.1, 0.15) is 5.69 Å². The summed E-state index contributed by atoms with van der Waals surface area (Å²) in [5.41, 5.74) is 3.63. The summed E-state index contributed by atoms with van der Waals surface area (Å²) in [4.78, 5) is 14.3. The number of hydrogen-bond acceptors (Lipinski definition) is 3. The highest BCUT2D eigenvalue weighted by Crippen LogP contribution is 2.35. The van der Waals surface area contributed by atoms with E-state index in [1.807, 2.05) is 0 Å². The molecule has 0 atom stereocenters. The Morgan fingerprint density at radius 2 is 2.27 bits per heavy atom. The van der Waals surface area contributed by atoms with Crippen molar-refractivity contribution >= 4 is 17.5 Å². The summed E-state index contributed by atoms with van der Waals surface area (Å²) in [5.74, 6) is -1.09. The second kappa shape index (κ2) is 4.39. The highest BCUT2D eigenvalue weighted by Gasteiger charge is 2.24. The molecule has 0 aliphatic carbocycles. The molecule has 2 N–H and O–H groups in total. The summed E-state index contributed by atoms with van der Waals surface area (Å²) in [6.07, 6.45) is -1.88. The van der Waals surface area contributed by atoms with Crippen LogP contribution in [0.5, 0.6) is 5.75 Å². The topological polar surface area (TPSA) is 65.2 Å². The van der Waals surface area contributed by atoms with Crippen molar-refractivity contribution in [3.05, 3.63) is 22.5 Å². The number of alkyl halides is 2. The van der Waals surface area contributed by atoms with Crippen LogP contribution in [0.2, 0.25) is 5.02 Å². The molecule has 0 aliphatic heterocycles. The molecule has 0 bridgehead atoms. The molecule has 15 heavy (non-hydrogen) atoms. The summed E-state index contributed by atoms with van der Waals surface area (Å²) in [6, 6.07) is 0. The molecule has 1 aromatic rings. The minimum absolute atomic E-state index is 0.0306. The fourth-order valence-electron chi connectivity index (χ4n) is 1.02. The number of hydrogen-bond donors (Lipinski definition) is 1. The predicted octanol–water partition coefficient (Wildman–Crippen LogP) is 1.78. The largest absolute Gasteiger partial charge is 0.494 e. The minimum atomic E-state index is -2.94. The lowest BCUT2D eigenvalue weighted by Gasteiger charge is -2.10. The number of carbonyl (C=O) groups excluding carboxylic acids is 1. The van der Waals surface area contributed by atoms with Gasteiger partial charge < -0.3 is 10.5 Å². The van der Waals surface area contributed by atoms with Crippen LogP contribution in [0, 0.1) is 0 Å². The maximum Gasteiger partial charge on any atom is 0.267 e. The quantitative estimate of drug-likeness (QED) is 0.870. The van der Waals surface area contributed by atoms with E-state index in [-0.39, 0.29) is 10.8 Å². The summed E-state index contributed by atoms with van der Waals surface area (Å²) in [5, 5.41) is -0.351. The Labute approximate surface area is 89.0 Å². The van der Waals surface area contributed by atoms with Crippen LogP contribution in [0.1, 0.15) is 22.5 Å². The van der Waals surface area contributed by atoms with Gasteiger partial charge in [0.15, 0.2) is 5.75 Å². The van der Waals surface area contributed by atoms with Gasteiger partial charge in [0.2, 0.25) is 0 Å². The third-order valence-corrected chi connectivity index (χ3v) is 2.08. The number of pyridine rings is 1. The van der Waals surface area contributed by atoms with E-state index in [9.17, 15) is 13.6 Å². The average Bonchev–Trinajstić information content (AvgIpc) is 2.16. The van der Waals surface area contributed by atoms with Crippen molar-refractivity contribution in [2.75, 3.05) is 7.11 Å². The number of nitrogens with two attached hydrogens (primary N) is 1. The highest BCUT2D eigenvalue weighted by molar-refractivity contribution is 6.33. The molecule has 1 aromatic heterocycles. The van der Waals surface area contributed by atoms with Crippen LogP contribution in [0.15, 0.2) is 6.20 Å². The van der Waals surface area contributed by atoms with E-state index in [4.69, 9.17) is 22.1 Å². The van der Waals surface area contributed by atoms with E-state index >= 15 is 0 Å². The average molecular weight is 237 g/mol. The molecule has 0 saturated carbocycles. The van der Waals surface area contributed by atoms with E-state index in [0.717, 1.165) is 6.20 Å². The maximum absolute atomic E-state index is 12.6. The van der Waals surface area contributed by atoms with Crippen molar-refractivity contribution in [3.8, 4) is 5.75 Å². The fraction of sp³-hybridized carbons (Fsp3) is 0.250. The third-order valence-electron chi connectivity index (χ3n) is 1.69. The Kier molecular flexibility index (Phi) is 3.41. The number of primary amides is 1. The van der Waals surface area contributed by atoms with Gasteiger partial charge in [-0.25, -0.2) is 13.8 Å². The summed E-state index contributed by atoms with van der Waals surface area (Å²) in [7, 11) is 1.25. The fourth-order valence-corrected chi connectivity index (χ4v) is 1.32. The van der Waals surface area contributed by atoms with Gasteiger partial charge in [-0.2, -0.15) is 0 Å². The maximum atomic E-state index is 12.6. The zero-order chi connectivity index (χ0) is 11.6. The van der Waals surface area contributed by atoms with E-state index in [1.165, 1.54) is 7.11 Å². The van der Waals surface area contributed by atoms with Gasteiger partial charge in [-0.1, -0.05) is 11.6 Å². The molecular weight excluding hydrogens is 230 g/mol. The lowest BCUT2D eigenvalue weighted by atomic mass is 10.2. The van der Waals surface area contributed by atoms with Gasteiger partial charge in [0, 0.05) is 0 Å². The van der Waals surface area contributed by atoms with Crippen LogP contribution in [-0.4, -0.2) is 18.0 Å². The van der Waals surface area contributed by atoms with Crippen molar-refractivity contribution in [2.24, 2.45) is 5.73 Å². The first-order valence-corrected chi connectivity index (χ1v) is 4.17. The van der Waals surface area contributed by atoms with Crippen LogP contribution < -0.4 is 10.5 Å². The highest BCUT2D eigenvalue weighted by atomic mass is 35.5. The number of amides is 1. The number of aromatic nitrogens is 1. The molecule has 7 heteroatoms. The van der Waals surface area contributed by atoms with E-state index in [2.05, 4.69) is 4.98 Å². The van der Waals surface area contributed by atoms with Crippen molar-refractivity contribution in [1.29, 1.82) is 0 Å². The van der Waals surface area contributed by atoms with Crippen molar-refractivity contribution < 1.29 is 18.3 Å². The molecule has 0 unspecified atom stereocenters. The van der Waals surface area contributed by atoms with Gasteiger partial charge >= 0.3 is 0 Å². The van der Waals surface area contributed by atoms with Gasteiger partial charge in [-0.15, -0.1) is 0 Å². The zero-order valence-electron chi connectivity index (χ0n) is 7.63. The number of methoxy groups -OCH3 is 1. The van der Waals surface area contributed by atoms with E-state index < -0.39 is 23.6 Å². The molecular formula is C8H7ClF2N2O2. The van der Waals surface area contributed by atoms with Crippen molar-refractivity contribution in [1.82, 2.24) is 4.98 Å².